The van der Waals surface area contributed by atoms with Gasteiger partial charge in [-0.2, -0.15) is 9.78 Å². The molecule has 0 saturated heterocycles. The zero-order chi connectivity index (χ0) is 17.5. The van der Waals surface area contributed by atoms with Crippen LogP contribution in [0.15, 0.2) is 28.5 Å². The highest BCUT2D eigenvalue weighted by Gasteiger charge is 2.14. The molecule has 1 heterocycles. The molecule has 0 amide bonds. The van der Waals surface area contributed by atoms with E-state index in [0.29, 0.717) is 18.1 Å². The van der Waals surface area contributed by atoms with Crippen LogP contribution in [0.5, 0.6) is 11.5 Å². The molecule has 0 N–H and O–H groups in total. The van der Waals surface area contributed by atoms with E-state index in [1.165, 1.54) is 11.8 Å². The molecule has 0 spiro atoms. The SMILES string of the molecule is CCCOc1c(/C=N\n2c(SC)nnc2C(C)C)cccc1OC. The topological polar surface area (TPSA) is 61.5 Å². The van der Waals surface area contributed by atoms with Gasteiger partial charge in [-0.1, -0.05) is 38.6 Å². The Hall–Kier alpha value is -2.02. The molecular formula is C17H24N4O2S. The summed E-state index contributed by atoms with van der Waals surface area (Å²) in [6.07, 6.45) is 4.65. The molecule has 2 aromatic rings. The molecule has 0 atom stereocenters. The fourth-order valence-corrected chi connectivity index (χ4v) is 2.58. The van der Waals surface area contributed by atoms with Crippen LogP contribution in [0.2, 0.25) is 0 Å². The molecule has 0 aliphatic carbocycles. The predicted molar refractivity (Wildman–Crippen MR) is 97.7 cm³/mol. The molecule has 7 heteroatoms. The highest BCUT2D eigenvalue weighted by atomic mass is 32.2. The lowest BCUT2D eigenvalue weighted by Gasteiger charge is -2.12. The van der Waals surface area contributed by atoms with E-state index in [1.807, 2.05) is 24.5 Å². The van der Waals surface area contributed by atoms with E-state index in [1.54, 1.807) is 18.0 Å². The minimum absolute atomic E-state index is 0.233. The van der Waals surface area contributed by atoms with Crippen LogP contribution in [-0.4, -0.2) is 41.1 Å². The average Bonchev–Trinajstić information content (AvgIpc) is 3.01. The number of thioether (sulfide) groups is 1. The highest BCUT2D eigenvalue weighted by Crippen LogP contribution is 2.30. The zero-order valence-corrected chi connectivity index (χ0v) is 15.6. The van der Waals surface area contributed by atoms with Gasteiger partial charge >= 0.3 is 0 Å². The lowest BCUT2D eigenvalue weighted by molar-refractivity contribution is 0.294. The van der Waals surface area contributed by atoms with Crippen LogP contribution in [0, 0.1) is 0 Å². The van der Waals surface area contributed by atoms with Gasteiger partial charge in [0.1, 0.15) is 0 Å². The highest BCUT2D eigenvalue weighted by molar-refractivity contribution is 7.98. The van der Waals surface area contributed by atoms with Crippen LogP contribution in [0.1, 0.15) is 44.5 Å². The summed E-state index contributed by atoms with van der Waals surface area (Å²) in [6, 6.07) is 5.76. The fourth-order valence-electron chi connectivity index (χ4n) is 2.15. The van der Waals surface area contributed by atoms with Crippen LogP contribution < -0.4 is 9.47 Å². The van der Waals surface area contributed by atoms with E-state index in [0.717, 1.165) is 23.0 Å². The molecule has 1 aromatic carbocycles. The Morgan fingerprint density at radius 1 is 1.33 bits per heavy atom. The Morgan fingerprint density at radius 3 is 2.75 bits per heavy atom. The summed E-state index contributed by atoms with van der Waals surface area (Å²) in [5.41, 5.74) is 0.859. The lowest BCUT2D eigenvalue weighted by atomic mass is 10.2. The third kappa shape index (κ3) is 4.08. The Morgan fingerprint density at radius 2 is 2.12 bits per heavy atom. The van der Waals surface area contributed by atoms with Crippen LogP contribution in [0.3, 0.4) is 0 Å². The summed E-state index contributed by atoms with van der Waals surface area (Å²) >= 11 is 1.51. The first-order valence-corrected chi connectivity index (χ1v) is 9.18. The van der Waals surface area contributed by atoms with Crippen molar-refractivity contribution in [2.75, 3.05) is 20.0 Å². The van der Waals surface area contributed by atoms with Gasteiger partial charge in [0.2, 0.25) is 5.16 Å². The number of nitrogens with zero attached hydrogens (tertiary/aromatic N) is 4. The number of para-hydroxylation sites is 1. The second-order valence-electron chi connectivity index (χ2n) is 5.48. The van der Waals surface area contributed by atoms with Crippen molar-refractivity contribution in [3.63, 3.8) is 0 Å². The molecule has 6 nitrogen and oxygen atoms in total. The molecule has 0 radical (unpaired) electrons. The van der Waals surface area contributed by atoms with E-state index in [-0.39, 0.29) is 5.92 Å². The van der Waals surface area contributed by atoms with Gasteiger partial charge in [-0.3, -0.25) is 0 Å². The van der Waals surface area contributed by atoms with Gasteiger partial charge in [0, 0.05) is 11.5 Å². The van der Waals surface area contributed by atoms with E-state index >= 15 is 0 Å². The van der Waals surface area contributed by atoms with Crippen molar-refractivity contribution in [2.45, 2.75) is 38.3 Å². The molecule has 1 aromatic heterocycles. The second kappa shape index (κ2) is 8.73. The van der Waals surface area contributed by atoms with Crippen molar-refractivity contribution in [2.24, 2.45) is 5.10 Å². The minimum Gasteiger partial charge on any atom is -0.493 e. The average molecular weight is 348 g/mol. The van der Waals surface area contributed by atoms with Crippen LogP contribution in [0.4, 0.5) is 0 Å². The summed E-state index contributed by atoms with van der Waals surface area (Å²) in [6.45, 7) is 6.84. The van der Waals surface area contributed by atoms with Gasteiger partial charge in [-0.05, 0) is 24.8 Å². The number of hydrogen-bond acceptors (Lipinski definition) is 6. The Balaban J connectivity index is 2.40. The largest absolute Gasteiger partial charge is 0.493 e. The molecule has 24 heavy (non-hydrogen) atoms. The van der Waals surface area contributed by atoms with E-state index in [9.17, 15) is 0 Å². The molecule has 2 rings (SSSR count). The normalized spacial score (nSPS) is 11.4. The lowest BCUT2D eigenvalue weighted by Crippen LogP contribution is -2.04. The van der Waals surface area contributed by atoms with Crippen LogP contribution in [0.25, 0.3) is 0 Å². The smallest absolute Gasteiger partial charge is 0.211 e. The van der Waals surface area contributed by atoms with E-state index < -0.39 is 0 Å². The molecule has 0 aliphatic heterocycles. The summed E-state index contributed by atoms with van der Waals surface area (Å²) in [5, 5.41) is 13.7. The van der Waals surface area contributed by atoms with Crippen molar-refractivity contribution in [3.8, 4) is 11.5 Å². The van der Waals surface area contributed by atoms with Gasteiger partial charge in [0.05, 0.1) is 19.9 Å². The maximum absolute atomic E-state index is 5.85. The Kier molecular flexibility index (Phi) is 6.66. The minimum atomic E-state index is 0.233. The molecule has 130 valence electrons. The molecule has 0 fully saturated rings. The van der Waals surface area contributed by atoms with Crippen molar-refractivity contribution in [3.05, 3.63) is 29.6 Å². The number of methoxy groups -OCH3 is 1. The number of hydrogen-bond donors (Lipinski definition) is 0. The zero-order valence-electron chi connectivity index (χ0n) is 14.8. The van der Waals surface area contributed by atoms with Crippen LogP contribution in [-0.2, 0) is 0 Å². The predicted octanol–water partition coefficient (Wildman–Crippen LogP) is 3.80. The molecular weight excluding hydrogens is 324 g/mol. The van der Waals surface area contributed by atoms with Crippen molar-refractivity contribution in [1.29, 1.82) is 0 Å². The molecule has 0 bridgehead atoms. The maximum atomic E-state index is 5.85. The van der Waals surface area contributed by atoms with Gasteiger partial charge in [0.15, 0.2) is 17.3 Å². The quantitative estimate of drug-likeness (QED) is 0.536. The fraction of sp³-hybridized carbons (Fsp3) is 0.471. The van der Waals surface area contributed by atoms with Gasteiger partial charge < -0.3 is 9.47 Å². The maximum Gasteiger partial charge on any atom is 0.211 e. The third-order valence-electron chi connectivity index (χ3n) is 3.33. The van der Waals surface area contributed by atoms with Crippen molar-refractivity contribution in [1.82, 2.24) is 14.9 Å². The number of benzene rings is 1. The monoisotopic (exact) mass is 348 g/mol. The van der Waals surface area contributed by atoms with Crippen molar-refractivity contribution < 1.29 is 9.47 Å². The van der Waals surface area contributed by atoms with Gasteiger partial charge in [-0.25, -0.2) is 0 Å². The van der Waals surface area contributed by atoms with Gasteiger partial charge in [-0.15, -0.1) is 10.2 Å². The van der Waals surface area contributed by atoms with E-state index in [2.05, 4.69) is 36.1 Å². The summed E-state index contributed by atoms with van der Waals surface area (Å²) in [4.78, 5) is 0. The summed E-state index contributed by atoms with van der Waals surface area (Å²) in [7, 11) is 1.64. The number of aromatic nitrogens is 3. The first kappa shape index (κ1) is 18.3. The first-order chi connectivity index (χ1) is 11.6. The van der Waals surface area contributed by atoms with Gasteiger partial charge in [0.25, 0.3) is 0 Å². The standard InChI is InChI=1S/C17H24N4O2S/c1-6-10-23-15-13(8-7-9-14(15)22-4)11-18-21-16(12(2)3)19-20-17(21)24-5/h7-9,11-12H,6,10H2,1-5H3/b18-11-. The summed E-state index contributed by atoms with van der Waals surface area (Å²) < 4.78 is 13.0. The summed E-state index contributed by atoms with van der Waals surface area (Å²) in [5.74, 6) is 2.46. The molecule has 0 saturated carbocycles. The van der Waals surface area contributed by atoms with Crippen molar-refractivity contribution >= 4 is 18.0 Å². The molecule has 0 unspecified atom stereocenters. The number of ether oxygens (including phenoxy) is 2. The Labute approximate surface area is 147 Å². The third-order valence-corrected chi connectivity index (χ3v) is 3.95. The first-order valence-electron chi connectivity index (χ1n) is 7.95. The molecule has 0 aliphatic rings. The second-order valence-corrected chi connectivity index (χ2v) is 6.26. The Bertz CT molecular complexity index is 698. The number of rotatable bonds is 8. The van der Waals surface area contributed by atoms with Crippen LogP contribution >= 0.6 is 11.8 Å². The van der Waals surface area contributed by atoms with E-state index in [4.69, 9.17) is 9.47 Å².